The zero-order valence-electron chi connectivity index (χ0n) is 11.8. The third-order valence-corrected chi connectivity index (χ3v) is 3.47. The van der Waals surface area contributed by atoms with E-state index in [1.54, 1.807) is 13.0 Å². The summed E-state index contributed by atoms with van der Waals surface area (Å²) in [6, 6.07) is 4.56. The van der Waals surface area contributed by atoms with Gasteiger partial charge in [0.05, 0.1) is 11.1 Å². The number of hydrogen-bond acceptors (Lipinski definition) is 2. The first-order valence-corrected chi connectivity index (χ1v) is 6.09. The lowest BCUT2D eigenvalue weighted by Gasteiger charge is -2.33. The summed E-state index contributed by atoms with van der Waals surface area (Å²) in [5, 5.41) is 2.82. The number of carbonyl (C=O) groups is 1. The minimum Gasteiger partial charge on any atom is -0.345 e. The average Bonchev–Trinajstić information content (AvgIpc) is 2.28. The lowest BCUT2D eigenvalue weighted by molar-refractivity contribution is 0.0879. The van der Waals surface area contributed by atoms with E-state index in [2.05, 4.69) is 5.32 Å². The van der Waals surface area contributed by atoms with Crippen molar-refractivity contribution < 1.29 is 9.18 Å². The first-order valence-electron chi connectivity index (χ1n) is 6.09. The van der Waals surface area contributed by atoms with Crippen LogP contribution in [0.2, 0.25) is 0 Å². The van der Waals surface area contributed by atoms with Gasteiger partial charge in [-0.25, -0.2) is 4.39 Å². The molecule has 1 aromatic rings. The molecule has 108 valence electrons. The Kier molecular flexibility index (Phi) is 6.46. The van der Waals surface area contributed by atoms with E-state index in [-0.39, 0.29) is 23.9 Å². The minimum atomic E-state index is -0.533. The fourth-order valence-electron chi connectivity index (χ4n) is 1.56. The Balaban J connectivity index is 0.00000324. The predicted octanol–water partition coefficient (Wildman–Crippen LogP) is 2.66. The summed E-state index contributed by atoms with van der Waals surface area (Å²) >= 11 is 0. The van der Waals surface area contributed by atoms with Gasteiger partial charge in [0.2, 0.25) is 0 Å². The lowest BCUT2D eigenvalue weighted by atomic mass is 9.88. The Hall–Kier alpha value is -1.13. The number of nitrogens with two attached hydrogens (primary N) is 1. The molecule has 0 spiro atoms. The number of nitrogens with one attached hydrogen (secondary N) is 1. The molecule has 1 aromatic carbocycles. The van der Waals surface area contributed by atoms with Gasteiger partial charge in [0.1, 0.15) is 5.82 Å². The second-order valence-corrected chi connectivity index (χ2v) is 5.21. The van der Waals surface area contributed by atoms with E-state index in [4.69, 9.17) is 5.73 Å². The van der Waals surface area contributed by atoms with Gasteiger partial charge in [-0.1, -0.05) is 19.9 Å². The van der Waals surface area contributed by atoms with Gasteiger partial charge < -0.3 is 11.1 Å². The normalized spacial score (nSPS) is 13.6. The van der Waals surface area contributed by atoms with Crippen LogP contribution in [0.1, 0.15) is 36.7 Å². The van der Waals surface area contributed by atoms with Crippen LogP contribution in [-0.4, -0.2) is 18.0 Å². The molecule has 0 radical (unpaired) electrons. The Morgan fingerprint density at radius 1 is 1.47 bits per heavy atom. The van der Waals surface area contributed by atoms with Crippen molar-refractivity contribution in [3.8, 4) is 0 Å². The molecule has 0 aliphatic carbocycles. The minimum absolute atomic E-state index is 0. The van der Waals surface area contributed by atoms with E-state index >= 15 is 0 Å². The molecular weight excluding hydrogens is 267 g/mol. The second-order valence-electron chi connectivity index (χ2n) is 5.21. The number of carbonyl (C=O) groups excluding carboxylic acids is 1. The molecule has 1 rings (SSSR count). The molecular formula is C14H22ClFN2O. The molecule has 0 fully saturated rings. The smallest absolute Gasteiger partial charge is 0.254 e. The number of halogens is 2. The van der Waals surface area contributed by atoms with E-state index in [1.807, 2.05) is 20.8 Å². The highest BCUT2D eigenvalue weighted by molar-refractivity contribution is 5.95. The van der Waals surface area contributed by atoms with Crippen molar-refractivity contribution in [2.24, 2.45) is 11.7 Å². The van der Waals surface area contributed by atoms with Crippen molar-refractivity contribution in [3.05, 3.63) is 35.1 Å². The summed E-state index contributed by atoms with van der Waals surface area (Å²) in [6.45, 7) is 7.89. The van der Waals surface area contributed by atoms with Crippen molar-refractivity contribution in [2.75, 3.05) is 6.54 Å². The van der Waals surface area contributed by atoms with Gasteiger partial charge in [-0.15, -0.1) is 12.4 Å². The molecule has 0 heterocycles. The Morgan fingerprint density at radius 2 is 2.05 bits per heavy atom. The standard InChI is InChI=1S/C14H21FN2O.ClH/c1-9(2)14(4,8-16)17-13(18)11-6-5-10(3)7-12(11)15;/h5-7,9H,8,16H2,1-4H3,(H,17,18);1H. The van der Waals surface area contributed by atoms with Crippen LogP contribution in [0.4, 0.5) is 4.39 Å². The second kappa shape index (κ2) is 6.87. The van der Waals surface area contributed by atoms with Crippen LogP contribution in [0.25, 0.3) is 0 Å². The fourth-order valence-corrected chi connectivity index (χ4v) is 1.56. The summed E-state index contributed by atoms with van der Waals surface area (Å²) in [5.74, 6) is -0.760. The lowest BCUT2D eigenvalue weighted by Crippen LogP contribution is -2.55. The van der Waals surface area contributed by atoms with Gasteiger partial charge in [0, 0.05) is 6.54 Å². The molecule has 1 unspecified atom stereocenters. The SMILES string of the molecule is Cc1ccc(C(=O)NC(C)(CN)C(C)C)c(F)c1.Cl. The monoisotopic (exact) mass is 288 g/mol. The maximum atomic E-state index is 13.7. The highest BCUT2D eigenvalue weighted by Gasteiger charge is 2.29. The number of aryl methyl sites for hydroxylation is 1. The molecule has 0 aliphatic rings. The van der Waals surface area contributed by atoms with Gasteiger partial charge in [-0.3, -0.25) is 4.79 Å². The Bertz CT molecular complexity index is 451. The molecule has 0 bridgehead atoms. The molecule has 0 aliphatic heterocycles. The van der Waals surface area contributed by atoms with E-state index in [0.717, 1.165) is 5.56 Å². The summed E-state index contributed by atoms with van der Waals surface area (Å²) in [4.78, 5) is 12.0. The number of amides is 1. The highest BCUT2D eigenvalue weighted by atomic mass is 35.5. The van der Waals surface area contributed by atoms with E-state index < -0.39 is 17.3 Å². The molecule has 19 heavy (non-hydrogen) atoms. The average molecular weight is 289 g/mol. The maximum Gasteiger partial charge on any atom is 0.254 e. The molecule has 1 atom stereocenters. The van der Waals surface area contributed by atoms with Crippen LogP contribution >= 0.6 is 12.4 Å². The van der Waals surface area contributed by atoms with Gasteiger partial charge in [-0.05, 0) is 37.5 Å². The summed E-state index contributed by atoms with van der Waals surface area (Å²) in [5.41, 5.74) is 6.00. The van der Waals surface area contributed by atoms with Gasteiger partial charge in [0.15, 0.2) is 0 Å². The zero-order chi connectivity index (χ0) is 13.9. The Morgan fingerprint density at radius 3 is 2.47 bits per heavy atom. The third-order valence-electron chi connectivity index (χ3n) is 3.47. The number of rotatable bonds is 4. The van der Waals surface area contributed by atoms with Crippen molar-refractivity contribution in [2.45, 2.75) is 33.2 Å². The highest BCUT2D eigenvalue weighted by Crippen LogP contribution is 2.17. The Labute approximate surface area is 120 Å². The topological polar surface area (TPSA) is 55.1 Å². The van der Waals surface area contributed by atoms with Crippen molar-refractivity contribution >= 4 is 18.3 Å². The van der Waals surface area contributed by atoms with E-state index in [1.165, 1.54) is 12.1 Å². The fraction of sp³-hybridized carbons (Fsp3) is 0.500. The largest absolute Gasteiger partial charge is 0.345 e. The van der Waals surface area contributed by atoms with Crippen molar-refractivity contribution in [1.29, 1.82) is 0 Å². The summed E-state index contributed by atoms with van der Waals surface area (Å²) in [7, 11) is 0. The summed E-state index contributed by atoms with van der Waals surface area (Å²) in [6.07, 6.45) is 0. The van der Waals surface area contributed by atoms with Gasteiger partial charge >= 0.3 is 0 Å². The third kappa shape index (κ3) is 4.18. The maximum absolute atomic E-state index is 13.7. The quantitative estimate of drug-likeness (QED) is 0.895. The van der Waals surface area contributed by atoms with Crippen molar-refractivity contribution in [3.63, 3.8) is 0 Å². The predicted molar refractivity (Wildman–Crippen MR) is 78.1 cm³/mol. The molecule has 3 nitrogen and oxygen atoms in total. The first kappa shape index (κ1) is 17.9. The van der Waals surface area contributed by atoms with Crippen LogP contribution in [-0.2, 0) is 0 Å². The molecule has 0 aromatic heterocycles. The molecule has 0 saturated carbocycles. The molecule has 1 amide bonds. The van der Waals surface area contributed by atoms with Gasteiger partial charge in [-0.2, -0.15) is 0 Å². The summed E-state index contributed by atoms with van der Waals surface area (Å²) < 4.78 is 13.7. The number of benzene rings is 1. The van der Waals surface area contributed by atoms with Crippen LogP contribution in [0.15, 0.2) is 18.2 Å². The first-order chi connectivity index (χ1) is 8.30. The van der Waals surface area contributed by atoms with Gasteiger partial charge in [0.25, 0.3) is 5.91 Å². The van der Waals surface area contributed by atoms with E-state index in [9.17, 15) is 9.18 Å². The van der Waals surface area contributed by atoms with Crippen LogP contribution in [0, 0.1) is 18.7 Å². The van der Waals surface area contributed by atoms with Crippen LogP contribution in [0.5, 0.6) is 0 Å². The van der Waals surface area contributed by atoms with Crippen LogP contribution < -0.4 is 11.1 Å². The molecule has 0 saturated heterocycles. The zero-order valence-corrected chi connectivity index (χ0v) is 12.6. The molecule has 3 N–H and O–H groups in total. The van der Waals surface area contributed by atoms with Crippen LogP contribution in [0.3, 0.4) is 0 Å². The van der Waals surface area contributed by atoms with E-state index in [0.29, 0.717) is 6.54 Å². The molecule has 5 heteroatoms. The van der Waals surface area contributed by atoms with Crippen molar-refractivity contribution in [1.82, 2.24) is 5.32 Å². The number of hydrogen-bond donors (Lipinski definition) is 2.